The first-order valence-corrected chi connectivity index (χ1v) is 9.08. The van der Waals surface area contributed by atoms with Crippen LogP contribution in [-0.2, 0) is 9.53 Å². The van der Waals surface area contributed by atoms with Crippen LogP contribution in [0.1, 0.15) is 54.4 Å². The Morgan fingerprint density at radius 2 is 2.04 bits per heavy atom. The van der Waals surface area contributed by atoms with Crippen molar-refractivity contribution < 1.29 is 14.3 Å². The lowest BCUT2D eigenvalue weighted by Gasteiger charge is -2.17. The summed E-state index contributed by atoms with van der Waals surface area (Å²) in [5, 5.41) is 2.96. The number of nitrogens with zero attached hydrogens (tertiary/aromatic N) is 2. The van der Waals surface area contributed by atoms with Gasteiger partial charge in [-0.05, 0) is 51.8 Å². The fourth-order valence-electron chi connectivity index (χ4n) is 3.52. The first-order chi connectivity index (χ1) is 12.5. The fourth-order valence-corrected chi connectivity index (χ4v) is 3.52. The quantitative estimate of drug-likeness (QED) is 0.837. The smallest absolute Gasteiger partial charge is 0.340 e. The Balaban J connectivity index is 1.71. The molecule has 1 atom stereocenters. The van der Waals surface area contributed by atoms with Crippen LogP contribution < -0.4 is 5.32 Å². The Bertz CT molecular complexity index is 792. The molecule has 0 saturated heterocycles. The molecule has 0 spiro atoms. The van der Waals surface area contributed by atoms with E-state index in [1.807, 2.05) is 30.5 Å². The monoisotopic (exact) mass is 355 g/mol. The number of carbonyl (C=O) groups is 2. The molecule has 0 bridgehead atoms. The minimum absolute atomic E-state index is 0.208. The summed E-state index contributed by atoms with van der Waals surface area (Å²) in [4.78, 5) is 29.0. The number of hydrogen-bond acceptors (Lipinski definition) is 4. The topological polar surface area (TPSA) is 73.2 Å². The normalized spacial score (nSPS) is 15.7. The van der Waals surface area contributed by atoms with Crippen molar-refractivity contribution in [2.75, 3.05) is 0 Å². The SMILES string of the molecule is Cc1cc(C(=O)O[C@@H](C)C(=O)NC2CCCC2)c(C)n1-c1cccnc1. The molecule has 3 rings (SSSR count). The highest BCUT2D eigenvalue weighted by molar-refractivity contribution is 5.93. The second-order valence-electron chi connectivity index (χ2n) is 6.87. The third-order valence-corrected chi connectivity index (χ3v) is 4.91. The van der Waals surface area contributed by atoms with Gasteiger partial charge in [-0.3, -0.25) is 9.78 Å². The molecule has 26 heavy (non-hydrogen) atoms. The van der Waals surface area contributed by atoms with Crippen LogP contribution in [0.15, 0.2) is 30.6 Å². The van der Waals surface area contributed by atoms with Crippen molar-refractivity contribution in [3.63, 3.8) is 0 Å². The van der Waals surface area contributed by atoms with Gasteiger partial charge >= 0.3 is 5.97 Å². The van der Waals surface area contributed by atoms with Gasteiger partial charge in [-0.25, -0.2) is 4.79 Å². The lowest BCUT2D eigenvalue weighted by atomic mass is 10.2. The molecular formula is C20H25N3O3. The van der Waals surface area contributed by atoms with Crippen molar-refractivity contribution in [1.82, 2.24) is 14.9 Å². The second-order valence-corrected chi connectivity index (χ2v) is 6.87. The third-order valence-electron chi connectivity index (χ3n) is 4.91. The molecule has 1 aliphatic carbocycles. The fraction of sp³-hybridized carbons (Fsp3) is 0.450. The van der Waals surface area contributed by atoms with Crippen LogP contribution in [0.2, 0.25) is 0 Å². The van der Waals surface area contributed by atoms with E-state index in [9.17, 15) is 9.59 Å². The number of rotatable bonds is 5. The van der Waals surface area contributed by atoms with Gasteiger partial charge in [0.1, 0.15) is 0 Å². The Morgan fingerprint density at radius 1 is 1.31 bits per heavy atom. The molecule has 6 nitrogen and oxygen atoms in total. The third kappa shape index (κ3) is 3.79. The van der Waals surface area contributed by atoms with Crippen LogP contribution in [0.5, 0.6) is 0 Å². The molecule has 2 heterocycles. The van der Waals surface area contributed by atoms with Crippen molar-refractivity contribution in [2.24, 2.45) is 0 Å². The van der Waals surface area contributed by atoms with Gasteiger partial charge in [0.05, 0.1) is 17.4 Å². The number of nitrogens with one attached hydrogen (secondary N) is 1. The van der Waals surface area contributed by atoms with Crippen LogP contribution in [0.25, 0.3) is 5.69 Å². The van der Waals surface area contributed by atoms with Gasteiger partial charge in [0.25, 0.3) is 5.91 Å². The number of pyridine rings is 1. The molecule has 1 saturated carbocycles. The zero-order valence-electron chi connectivity index (χ0n) is 15.5. The van der Waals surface area contributed by atoms with Gasteiger partial charge in [-0.15, -0.1) is 0 Å². The number of hydrogen-bond donors (Lipinski definition) is 1. The van der Waals surface area contributed by atoms with E-state index in [1.165, 1.54) is 0 Å². The Hall–Kier alpha value is -2.63. The van der Waals surface area contributed by atoms with Crippen molar-refractivity contribution in [3.05, 3.63) is 47.5 Å². The summed E-state index contributed by atoms with van der Waals surface area (Å²) in [6.07, 6.45) is 6.91. The van der Waals surface area contributed by atoms with Gasteiger partial charge in [0, 0.05) is 23.6 Å². The summed E-state index contributed by atoms with van der Waals surface area (Å²) in [6.45, 7) is 5.40. The zero-order chi connectivity index (χ0) is 18.7. The summed E-state index contributed by atoms with van der Waals surface area (Å²) in [6, 6.07) is 5.77. The molecule has 1 N–H and O–H groups in total. The maximum atomic E-state index is 12.6. The Labute approximate surface area is 153 Å². The maximum Gasteiger partial charge on any atom is 0.340 e. The van der Waals surface area contributed by atoms with E-state index in [1.54, 1.807) is 25.4 Å². The molecule has 0 aliphatic heterocycles. The first-order valence-electron chi connectivity index (χ1n) is 9.08. The van der Waals surface area contributed by atoms with Gasteiger partial charge in [0.15, 0.2) is 6.10 Å². The number of amides is 1. The van der Waals surface area contributed by atoms with Crippen LogP contribution in [0, 0.1) is 13.8 Å². The number of carbonyl (C=O) groups excluding carboxylic acids is 2. The maximum absolute atomic E-state index is 12.6. The molecule has 1 amide bonds. The molecule has 0 unspecified atom stereocenters. The van der Waals surface area contributed by atoms with Gasteiger partial charge in [-0.2, -0.15) is 0 Å². The lowest BCUT2D eigenvalue weighted by molar-refractivity contribution is -0.129. The molecule has 1 aliphatic rings. The van der Waals surface area contributed by atoms with E-state index < -0.39 is 12.1 Å². The summed E-state index contributed by atoms with van der Waals surface area (Å²) < 4.78 is 7.36. The van der Waals surface area contributed by atoms with Gasteiger partial charge in [0.2, 0.25) is 0 Å². The Morgan fingerprint density at radius 3 is 2.69 bits per heavy atom. The largest absolute Gasteiger partial charge is 0.449 e. The molecular weight excluding hydrogens is 330 g/mol. The lowest BCUT2D eigenvalue weighted by Crippen LogP contribution is -2.40. The van der Waals surface area contributed by atoms with E-state index in [4.69, 9.17) is 4.74 Å². The summed E-state index contributed by atoms with van der Waals surface area (Å²) in [5.41, 5.74) is 3.02. The molecule has 6 heteroatoms. The van der Waals surface area contributed by atoms with Crippen LogP contribution in [-0.4, -0.2) is 33.6 Å². The molecule has 1 fully saturated rings. The molecule has 0 aromatic carbocycles. The molecule has 2 aromatic rings. The highest BCUT2D eigenvalue weighted by Gasteiger charge is 2.25. The van der Waals surface area contributed by atoms with Crippen molar-refractivity contribution in [3.8, 4) is 5.69 Å². The van der Waals surface area contributed by atoms with Crippen LogP contribution in [0.3, 0.4) is 0 Å². The number of aromatic nitrogens is 2. The standard InChI is InChI=1S/C20H25N3O3/c1-13-11-18(14(2)23(13)17-9-6-10-21-12-17)20(25)26-15(3)19(24)22-16-7-4-5-8-16/h6,9-12,15-16H,4-5,7-8H2,1-3H3,(H,22,24)/t15-/m0/s1. The average Bonchev–Trinajstić information content (AvgIpc) is 3.23. The Kier molecular flexibility index (Phi) is 5.40. The van der Waals surface area contributed by atoms with E-state index in [-0.39, 0.29) is 11.9 Å². The average molecular weight is 355 g/mol. The van der Waals surface area contributed by atoms with Crippen molar-refractivity contribution in [1.29, 1.82) is 0 Å². The predicted octanol–water partition coefficient (Wildman–Crippen LogP) is 3.09. The molecule has 2 aromatic heterocycles. The number of aryl methyl sites for hydroxylation is 1. The first kappa shape index (κ1) is 18.2. The van der Waals surface area contributed by atoms with Crippen molar-refractivity contribution >= 4 is 11.9 Å². The number of esters is 1. The van der Waals surface area contributed by atoms with Gasteiger partial charge < -0.3 is 14.6 Å². The van der Waals surface area contributed by atoms with Crippen LogP contribution >= 0.6 is 0 Å². The summed E-state index contributed by atoms with van der Waals surface area (Å²) in [5.74, 6) is -0.714. The van der Waals surface area contributed by atoms with E-state index in [0.29, 0.717) is 5.56 Å². The van der Waals surface area contributed by atoms with E-state index >= 15 is 0 Å². The highest BCUT2D eigenvalue weighted by atomic mass is 16.5. The summed E-state index contributed by atoms with van der Waals surface area (Å²) in [7, 11) is 0. The zero-order valence-corrected chi connectivity index (χ0v) is 15.5. The van der Waals surface area contributed by atoms with E-state index in [0.717, 1.165) is 42.8 Å². The predicted molar refractivity (Wildman–Crippen MR) is 98.3 cm³/mol. The second kappa shape index (κ2) is 7.72. The van der Waals surface area contributed by atoms with Crippen molar-refractivity contribution in [2.45, 2.75) is 58.6 Å². The minimum Gasteiger partial charge on any atom is -0.449 e. The molecule has 138 valence electrons. The summed E-state index contributed by atoms with van der Waals surface area (Å²) >= 11 is 0. The minimum atomic E-state index is -0.815. The highest BCUT2D eigenvalue weighted by Crippen LogP contribution is 2.22. The van der Waals surface area contributed by atoms with Crippen LogP contribution in [0.4, 0.5) is 0 Å². The van der Waals surface area contributed by atoms with Gasteiger partial charge in [-0.1, -0.05) is 12.8 Å². The molecule has 0 radical (unpaired) electrons. The van der Waals surface area contributed by atoms with E-state index in [2.05, 4.69) is 10.3 Å². The number of ether oxygens (including phenoxy) is 1.